The number of carbonyl (C=O) groups excluding carboxylic acids is 2. The molecule has 0 saturated carbocycles. The predicted octanol–water partition coefficient (Wildman–Crippen LogP) is 3.96. The van der Waals surface area contributed by atoms with E-state index >= 15 is 0 Å². The number of benzene rings is 2. The second kappa shape index (κ2) is 11.7. The molecular weight excluding hydrogens is 399 g/mol. The molecule has 0 aliphatic heterocycles. The van der Waals surface area contributed by atoms with Gasteiger partial charge < -0.3 is 19.8 Å². The molecular formula is C24H25FN2O4. The number of furan rings is 1. The zero-order valence-electron chi connectivity index (χ0n) is 17.1. The Balaban J connectivity index is 1.32. The highest BCUT2D eigenvalue weighted by Gasteiger charge is 2.06. The maximum atomic E-state index is 12.9. The predicted molar refractivity (Wildman–Crippen MR) is 113 cm³/mol. The molecule has 162 valence electrons. The van der Waals surface area contributed by atoms with Gasteiger partial charge in [0.2, 0.25) is 5.91 Å². The van der Waals surface area contributed by atoms with Gasteiger partial charge >= 0.3 is 0 Å². The molecule has 2 N–H and O–H groups in total. The number of hydrogen-bond acceptors (Lipinski definition) is 4. The third kappa shape index (κ3) is 7.71. The van der Waals surface area contributed by atoms with Gasteiger partial charge in [-0.25, -0.2) is 4.39 Å². The Kier molecular flexibility index (Phi) is 8.37. The van der Waals surface area contributed by atoms with E-state index in [4.69, 9.17) is 9.15 Å². The van der Waals surface area contributed by atoms with Crippen LogP contribution in [0.4, 0.5) is 4.39 Å². The van der Waals surface area contributed by atoms with Crippen LogP contribution in [0.5, 0.6) is 0 Å². The summed E-state index contributed by atoms with van der Waals surface area (Å²) in [5.41, 5.74) is 2.39. The summed E-state index contributed by atoms with van der Waals surface area (Å²) < 4.78 is 23.7. The molecule has 3 rings (SSSR count). The van der Waals surface area contributed by atoms with E-state index in [9.17, 15) is 14.0 Å². The highest BCUT2D eigenvalue weighted by molar-refractivity contribution is 5.94. The maximum Gasteiger partial charge on any atom is 0.251 e. The van der Waals surface area contributed by atoms with Crippen LogP contribution in [0, 0.1) is 5.82 Å². The van der Waals surface area contributed by atoms with Crippen molar-refractivity contribution in [3.8, 4) is 0 Å². The van der Waals surface area contributed by atoms with Crippen molar-refractivity contribution in [1.29, 1.82) is 0 Å². The van der Waals surface area contributed by atoms with Crippen molar-refractivity contribution in [2.45, 2.75) is 32.6 Å². The van der Waals surface area contributed by atoms with E-state index in [1.165, 1.54) is 24.3 Å². The third-order valence-electron chi connectivity index (χ3n) is 4.55. The van der Waals surface area contributed by atoms with Gasteiger partial charge in [0.25, 0.3) is 5.91 Å². The Morgan fingerprint density at radius 1 is 0.935 bits per heavy atom. The first-order chi connectivity index (χ1) is 15.1. The molecule has 0 fully saturated rings. The van der Waals surface area contributed by atoms with Crippen molar-refractivity contribution in [3.05, 3.63) is 95.2 Å². The van der Waals surface area contributed by atoms with Crippen molar-refractivity contribution in [2.24, 2.45) is 0 Å². The van der Waals surface area contributed by atoms with E-state index in [0.717, 1.165) is 16.9 Å². The maximum absolute atomic E-state index is 12.9. The minimum absolute atomic E-state index is 0.0875. The molecule has 7 heteroatoms. The molecule has 2 amide bonds. The molecule has 1 heterocycles. The van der Waals surface area contributed by atoms with Crippen molar-refractivity contribution in [1.82, 2.24) is 10.6 Å². The zero-order valence-corrected chi connectivity index (χ0v) is 17.1. The summed E-state index contributed by atoms with van der Waals surface area (Å²) in [4.78, 5) is 24.0. The van der Waals surface area contributed by atoms with Gasteiger partial charge in [-0.3, -0.25) is 9.59 Å². The average molecular weight is 424 g/mol. The lowest BCUT2D eigenvalue weighted by Crippen LogP contribution is -2.27. The molecule has 2 aromatic carbocycles. The Bertz CT molecular complexity index is 972. The van der Waals surface area contributed by atoms with Crippen LogP contribution in [-0.4, -0.2) is 18.4 Å². The van der Waals surface area contributed by atoms with Crippen molar-refractivity contribution in [2.75, 3.05) is 6.54 Å². The van der Waals surface area contributed by atoms with E-state index in [0.29, 0.717) is 44.7 Å². The Labute approximate surface area is 180 Å². The van der Waals surface area contributed by atoms with E-state index < -0.39 is 0 Å². The lowest BCUT2D eigenvalue weighted by molar-refractivity contribution is -0.121. The van der Waals surface area contributed by atoms with Crippen LogP contribution in [0.3, 0.4) is 0 Å². The fourth-order valence-electron chi connectivity index (χ4n) is 2.94. The third-order valence-corrected chi connectivity index (χ3v) is 4.55. The fraction of sp³-hybridized carbons (Fsp3) is 0.250. The summed E-state index contributed by atoms with van der Waals surface area (Å²) in [6.07, 6.45) is 2.43. The number of rotatable bonds is 11. The van der Waals surface area contributed by atoms with E-state index in [-0.39, 0.29) is 17.6 Å². The molecule has 0 aliphatic carbocycles. The van der Waals surface area contributed by atoms with Crippen LogP contribution in [0.1, 0.15) is 40.1 Å². The second-order valence-corrected chi connectivity index (χ2v) is 7.04. The largest absolute Gasteiger partial charge is 0.467 e. The van der Waals surface area contributed by atoms with E-state index in [1.807, 2.05) is 36.4 Å². The molecule has 0 radical (unpaired) electrons. The molecule has 1 aromatic heterocycles. The van der Waals surface area contributed by atoms with Crippen LogP contribution >= 0.6 is 0 Å². The van der Waals surface area contributed by atoms with Crippen LogP contribution in [0.25, 0.3) is 0 Å². The molecule has 6 nitrogen and oxygen atoms in total. The summed E-state index contributed by atoms with van der Waals surface area (Å²) in [5, 5.41) is 5.60. The zero-order chi connectivity index (χ0) is 21.9. The summed E-state index contributed by atoms with van der Waals surface area (Å²) in [5.74, 6) is 0.0134. The topological polar surface area (TPSA) is 80.6 Å². The smallest absolute Gasteiger partial charge is 0.251 e. The first kappa shape index (κ1) is 22.2. The first-order valence-corrected chi connectivity index (χ1v) is 10.1. The van der Waals surface area contributed by atoms with Gasteiger partial charge in [0, 0.05) is 25.1 Å². The van der Waals surface area contributed by atoms with Crippen LogP contribution in [-0.2, 0) is 29.3 Å². The highest BCUT2D eigenvalue weighted by atomic mass is 19.1. The number of carbonyl (C=O) groups is 2. The van der Waals surface area contributed by atoms with Crippen LogP contribution < -0.4 is 10.6 Å². The number of hydrogen-bond donors (Lipinski definition) is 2. The van der Waals surface area contributed by atoms with E-state index in [2.05, 4.69) is 10.6 Å². The molecule has 0 aliphatic rings. The molecule has 0 atom stereocenters. The molecule has 0 unspecified atom stereocenters. The second-order valence-electron chi connectivity index (χ2n) is 7.04. The van der Waals surface area contributed by atoms with Crippen molar-refractivity contribution >= 4 is 11.8 Å². The van der Waals surface area contributed by atoms with Gasteiger partial charge in [0.1, 0.15) is 18.2 Å². The number of ether oxygens (including phenoxy) is 1. The average Bonchev–Trinajstić information content (AvgIpc) is 3.29. The molecule has 3 aromatic rings. The highest BCUT2D eigenvalue weighted by Crippen LogP contribution is 2.09. The van der Waals surface area contributed by atoms with Gasteiger partial charge in [-0.15, -0.1) is 0 Å². The van der Waals surface area contributed by atoms with Gasteiger partial charge in [-0.05, 0) is 53.9 Å². The van der Waals surface area contributed by atoms with Gasteiger partial charge in [-0.1, -0.05) is 24.3 Å². The standard InChI is InChI=1S/C24H25FN2O4/c25-21-10-8-20(9-11-21)24(29)26-12-2-7-23(28)27-15-18-4-1-5-19(14-18)16-30-17-22-6-3-13-31-22/h1,3-6,8-11,13-14H,2,7,12,15-17H2,(H,26,29)(H,27,28). The normalized spacial score (nSPS) is 10.6. The summed E-state index contributed by atoms with van der Waals surface area (Å²) in [7, 11) is 0. The summed E-state index contributed by atoms with van der Waals surface area (Å²) in [6.45, 7) is 1.65. The van der Waals surface area contributed by atoms with Crippen molar-refractivity contribution < 1.29 is 23.1 Å². The quantitative estimate of drug-likeness (QED) is 0.457. The van der Waals surface area contributed by atoms with E-state index in [1.54, 1.807) is 6.26 Å². The number of nitrogens with one attached hydrogen (secondary N) is 2. The van der Waals surface area contributed by atoms with Gasteiger partial charge in [-0.2, -0.15) is 0 Å². The fourth-order valence-corrected chi connectivity index (χ4v) is 2.94. The lowest BCUT2D eigenvalue weighted by atomic mass is 10.1. The lowest BCUT2D eigenvalue weighted by Gasteiger charge is -2.08. The Hall–Kier alpha value is -3.45. The van der Waals surface area contributed by atoms with Gasteiger partial charge in [0.05, 0.1) is 12.9 Å². The van der Waals surface area contributed by atoms with Crippen LogP contribution in [0.15, 0.2) is 71.3 Å². The minimum Gasteiger partial charge on any atom is -0.467 e. The Morgan fingerprint density at radius 2 is 1.74 bits per heavy atom. The van der Waals surface area contributed by atoms with Crippen LogP contribution in [0.2, 0.25) is 0 Å². The SMILES string of the molecule is O=C(CCCNC(=O)c1ccc(F)cc1)NCc1cccc(COCc2ccco2)c1. The summed E-state index contributed by atoms with van der Waals surface area (Å²) in [6, 6.07) is 16.8. The number of amides is 2. The van der Waals surface area contributed by atoms with Gasteiger partial charge in [0.15, 0.2) is 0 Å². The monoisotopic (exact) mass is 424 g/mol. The molecule has 31 heavy (non-hydrogen) atoms. The first-order valence-electron chi connectivity index (χ1n) is 10.1. The Morgan fingerprint density at radius 3 is 2.52 bits per heavy atom. The molecule has 0 spiro atoms. The van der Waals surface area contributed by atoms with Crippen molar-refractivity contribution in [3.63, 3.8) is 0 Å². The number of halogens is 1. The molecule has 0 saturated heterocycles. The molecule has 0 bridgehead atoms. The minimum atomic E-state index is -0.389. The summed E-state index contributed by atoms with van der Waals surface area (Å²) >= 11 is 0.